The summed E-state index contributed by atoms with van der Waals surface area (Å²) >= 11 is 0. The fourth-order valence-corrected chi connectivity index (χ4v) is 2.26. The molecule has 1 atom stereocenters. The van der Waals surface area contributed by atoms with Gasteiger partial charge in [0.1, 0.15) is 11.5 Å². The van der Waals surface area contributed by atoms with Crippen LogP contribution in [0.15, 0.2) is 41.3 Å². The van der Waals surface area contributed by atoms with Gasteiger partial charge in [0.05, 0.1) is 6.04 Å². The number of benzene rings is 1. The lowest BCUT2D eigenvalue weighted by Gasteiger charge is -2.02. The van der Waals surface area contributed by atoms with Gasteiger partial charge in [0.2, 0.25) is 0 Å². The third-order valence-corrected chi connectivity index (χ3v) is 3.29. The largest absolute Gasteiger partial charge is 0.463 e. The molecule has 1 heterocycles. The fraction of sp³-hybridized carbons (Fsp3) is 0.375. The number of aryl methyl sites for hydroxylation is 1. The van der Waals surface area contributed by atoms with Gasteiger partial charge in [0, 0.05) is 17.2 Å². The normalized spacial score (nSPS) is 12.8. The molecule has 96 valence electrons. The van der Waals surface area contributed by atoms with Gasteiger partial charge >= 0.3 is 0 Å². The van der Waals surface area contributed by atoms with E-state index >= 15 is 0 Å². The van der Waals surface area contributed by atoms with Crippen molar-refractivity contribution in [3.8, 4) is 0 Å². The summed E-state index contributed by atoms with van der Waals surface area (Å²) in [5.41, 5.74) is 6.02. The maximum Gasteiger partial charge on any atom is 0.132 e. The molecule has 0 aliphatic rings. The van der Waals surface area contributed by atoms with Crippen LogP contribution in [0.4, 0.5) is 0 Å². The zero-order valence-electron chi connectivity index (χ0n) is 11.0. The van der Waals surface area contributed by atoms with E-state index in [2.05, 4.69) is 25.6 Å². The quantitative estimate of drug-likeness (QED) is 0.605. The number of rotatable bonds is 6. The van der Waals surface area contributed by atoms with Crippen LogP contribution >= 0.6 is 0 Å². The number of unbranched alkanes of at least 4 members (excludes halogenated alkanes) is 2. The summed E-state index contributed by atoms with van der Waals surface area (Å²) in [6.45, 7) is 5.95. The topological polar surface area (TPSA) is 39.2 Å². The second kappa shape index (κ2) is 5.87. The Morgan fingerprint density at radius 2 is 2.00 bits per heavy atom. The molecule has 0 saturated carbocycles. The highest BCUT2D eigenvalue weighted by molar-refractivity contribution is 5.87. The van der Waals surface area contributed by atoms with E-state index in [1.165, 1.54) is 18.2 Å². The van der Waals surface area contributed by atoms with Crippen molar-refractivity contribution in [1.29, 1.82) is 0 Å². The minimum Gasteiger partial charge on any atom is -0.463 e. The Kier molecular flexibility index (Phi) is 4.21. The smallest absolute Gasteiger partial charge is 0.132 e. The number of hydrogen-bond acceptors (Lipinski definition) is 2. The molecule has 1 aromatic heterocycles. The van der Waals surface area contributed by atoms with Crippen LogP contribution in [0.2, 0.25) is 0 Å². The lowest BCUT2D eigenvalue weighted by molar-refractivity contribution is 0.451. The van der Waals surface area contributed by atoms with E-state index < -0.39 is 0 Å². The molecule has 2 heteroatoms. The molecular formula is C16H21NO. The summed E-state index contributed by atoms with van der Waals surface area (Å²) in [6.07, 6.45) is 6.33. The molecule has 2 nitrogen and oxygen atoms in total. The first-order valence-electron chi connectivity index (χ1n) is 6.66. The first-order valence-corrected chi connectivity index (χ1v) is 6.66. The van der Waals surface area contributed by atoms with E-state index in [1.807, 2.05) is 12.1 Å². The summed E-state index contributed by atoms with van der Waals surface area (Å²) in [6, 6.07) is 8.02. The Morgan fingerprint density at radius 3 is 2.67 bits per heavy atom. The van der Waals surface area contributed by atoms with Crippen LogP contribution in [-0.4, -0.2) is 0 Å². The second-order valence-corrected chi connectivity index (χ2v) is 4.65. The van der Waals surface area contributed by atoms with Crippen LogP contribution in [0.1, 0.15) is 43.7 Å². The molecule has 0 aliphatic heterocycles. The third-order valence-electron chi connectivity index (χ3n) is 3.29. The third kappa shape index (κ3) is 2.49. The Hall–Kier alpha value is -1.54. The number of nitrogens with two attached hydrogens (primary N) is 1. The van der Waals surface area contributed by atoms with E-state index in [4.69, 9.17) is 10.2 Å². The van der Waals surface area contributed by atoms with Gasteiger partial charge in [0.15, 0.2) is 0 Å². The Labute approximate surface area is 108 Å². The average molecular weight is 243 g/mol. The summed E-state index contributed by atoms with van der Waals surface area (Å²) in [5, 5.41) is 2.32. The van der Waals surface area contributed by atoms with Crippen LogP contribution in [0.5, 0.6) is 0 Å². The summed E-state index contributed by atoms with van der Waals surface area (Å²) in [4.78, 5) is 0. The minimum absolute atomic E-state index is 0.227. The van der Waals surface area contributed by atoms with Crippen LogP contribution in [0, 0.1) is 0 Å². The molecule has 2 aromatic rings. The van der Waals surface area contributed by atoms with E-state index in [9.17, 15) is 0 Å². The first kappa shape index (κ1) is 12.9. The van der Waals surface area contributed by atoms with Crippen molar-refractivity contribution in [3.05, 3.63) is 48.4 Å². The maximum atomic E-state index is 6.02. The molecule has 0 bridgehead atoms. The SMILES string of the molecule is C=CC(N)c1oc(CCCCC)c2ccccc12. The Bertz CT molecular complexity index is 527. The van der Waals surface area contributed by atoms with Gasteiger partial charge in [0.25, 0.3) is 0 Å². The summed E-state index contributed by atoms with van der Waals surface area (Å²) < 4.78 is 5.97. The van der Waals surface area contributed by atoms with Crippen molar-refractivity contribution >= 4 is 10.8 Å². The summed E-state index contributed by atoms with van der Waals surface area (Å²) in [7, 11) is 0. The predicted octanol–water partition coefficient (Wildman–Crippen LogP) is 4.35. The zero-order chi connectivity index (χ0) is 13.0. The molecule has 0 amide bonds. The maximum absolute atomic E-state index is 6.02. The van der Waals surface area contributed by atoms with Gasteiger partial charge < -0.3 is 10.2 Å². The van der Waals surface area contributed by atoms with E-state index in [1.54, 1.807) is 6.08 Å². The highest BCUT2D eigenvalue weighted by atomic mass is 16.3. The van der Waals surface area contributed by atoms with Gasteiger partial charge in [-0.3, -0.25) is 0 Å². The average Bonchev–Trinajstić information content (AvgIpc) is 2.78. The Balaban J connectivity index is 2.37. The lowest BCUT2D eigenvalue weighted by Crippen LogP contribution is -2.05. The molecule has 18 heavy (non-hydrogen) atoms. The highest BCUT2D eigenvalue weighted by Gasteiger charge is 2.15. The van der Waals surface area contributed by atoms with Crippen LogP contribution in [-0.2, 0) is 6.42 Å². The van der Waals surface area contributed by atoms with Crippen molar-refractivity contribution in [2.24, 2.45) is 5.73 Å². The van der Waals surface area contributed by atoms with Gasteiger partial charge in [-0.05, 0) is 6.42 Å². The number of furan rings is 1. The number of fused-ring (bicyclic) bond motifs is 1. The van der Waals surface area contributed by atoms with Gasteiger partial charge in [-0.15, -0.1) is 6.58 Å². The molecular weight excluding hydrogens is 222 g/mol. The van der Waals surface area contributed by atoms with E-state index in [0.29, 0.717) is 0 Å². The first-order chi connectivity index (χ1) is 8.77. The molecule has 1 aromatic carbocycles. The standard InChI is InChI=1S/C16H21NO/c1-3-5-6-11-15-12-9-7-8-10-13(12)16(18-15)14(17)4-2/h4,7-10,14H,2-3,5-6,11,17H2,1H3. The molecule has 1 unspecified atom stereocenters. The van der Waals surface area contributed by atoms with Crippen LogP contribution < -0.4 is 5.73 Å². The van der Waals surface area contributed by atoms with Crippen molar-refractivity contribution < 1.29 is 4.42 Å². The van der Waals surface area contributed by atoms with Crippen LogP contribution in [0.3, 0.4) is 0 Å². The van der Waals surface area contributed by atoms with Gasteiger partial charge in [-0.2, -0.15) is 0 Å². The van der Waals surface area contributed by atoms with Crippen molar-refractivity contribution in [3.63, 3.8) is 0 Å². The van der Waals surface area contributed by atoms with Crippen molar-refractivity contribution in [2.45, 2.75) is 38.6 Å². The van der Waals surface area contributed by atoms with Crippen LogP contribution in [0.25, 0.3) is 10.8 Å². The zero-order valence-corrected chi connectivity index (χ0v) is 11.0. The van der Waals surface area contributed by atoms with E-state index in [-0.39, 0.29) is 6.04 Å². The molecule has 2 N–H and O–H groups in total. The summed E-state index contributed by atoms with van der Waals surface area (Å²) in [5.74, 6) is 1.90. The number of hydrogen-bond donors (Lipinski definition) is 1. The predicted molar refractivity (Wildman–Crippen MR) is 76.6 cm³/mol. The van der Waals surface area contributed by atoms with Gasteiger partial charge in [-0.1, -0.05) is 50.1 Å². The van der Waals surface area contributed by atoms with Crippen molar-refractivity contribution in [2.75, 3.05) is 0 Å². The van der Waals surface area contributed by atoms with E-state index in [0.717, 1.165) is 29.7 Å². The molecule has 0 saturated heterocycles. The monoisotopic (exact) mass is 243 g/mol. The molecule has 0 radical (unpaired) electrons. The second-order valence-electron chi connectivity index (χ2n) is 4.65. The fourth-order valence-electron chi connectivity index (χ4n) is 2.26. The molecule has 0 fully saturated rings. The van der Waals surface area contributed by atoms with Crippen molar-refractivity contribution in [1.82, 2.24) is 0 Å². The molecule has 0 aliphatic carbocycles. The molecule has 0 spiro atoms. The Morgan fingerprint density at radius 1 is 1.28 bits per heavy atom. The lowest BCUT2D eigenvalue weighted by atomic mass is 10.1. The minimum atomic E-state index is -0.227. The van der Waals surface area contributed by atoms with Gasteiger partial charge in [-0.25, -0.2) is 0 Å². The highest BCUT2D eigenvalue weighted by Crippen LogP contribution is 2.30. The molecule has 2 rings (SSSR count).